The van der Waals surface area contributed by atoms with Gasteiger partial charge in [0.1, 0.15) is 5.58 Å². The van der Waals surface area contributed by atoms with Gasteiger partial charge in [0.25, 0.3) is 5.91 Å². The van der Waals surface area contributed by atoms with E-state index in [0.717, 1.165) is 12.0 Å². The average molecular weight is 466 g/mol. The second-order valence-electron chi connectivity index (χ2n) is 8.11. The van der Waals surface area contributed by atoms with Gasteiger partial charge in [0.15, 0.2) is 16.9 Å². The summed E-state index contributed by atoms with van der Waals surface area (Å²) >= 11 is 0. The zero-order valence-corrected chi connectivity index (χ0v) is 20.0. The third kappa shape index (κ3) is 4.53. The fourth-order valence-corrected chi connectivity index (χ4v) is 4.32. The number of hydrogen-bond acceptors (Lipinski definition) is 6. The van der Waals surface area contributed by atoms with E-state index in [1.807, 2.05) is 39.0 Å². The van der Waals surface area contributed by atoms with Crippen LogP contribution in [0.2, 0.25) is 0 Å². The van der Waals surface area contributed by atoms with Crippen molar-refractivity contribution in [3.05, 3.63) is 69.6 Å². The van der Waals surface area contributed by atoms with E-state index < -0.39 is 6.04 Å². The molecular weight excluding hydrogens is 434 g/mol. The van der Waals surface area contributed by atoms with Crippen LogP contribution in [-0.4, -0.2) is 43.8 Å². The summed E-state index contributed by atoms with van der Waals surface area (Å²) in [7, 11) is 0. The Bertz CT molecular complexity index is 1220. The quantitative estimate of drug-likeness (QED) is 0.373. The molecule has 0 saturated heterocycles. The van der Waals surface area contributed by atoms with Crippen molar-refractivity contribution >= 4 is 16.9 Å². The lowest BCUT2D eigenvalue weighted by molar-refractivity contribution is 0.0695. The summed E-state index contributed by atoms with van der Waals surface area (Å²) in [6.07, 6.45) is 1.52. The number of para-hydroxylation sites is 1. The molecule has 0 aliphatic carbocycles. The highest BCUT2D eigenvalue weighted by atomic mass is 16.5. The van der Waals surface area contributed by atoms with Gasteiger partial charge in [0.05, 0.1) is 30.2 Å². The highest BCUT2D eigenvalue weighted by molar-refractivity contribution is 5.99. The van der Waals surface area contributed by atoms with Crippen LogP contribution < -0.4 is 14.9 Å². The van der Waals surface area contributed by atoms with Crippen LogP contribution in [0.1, 0.15) is 61.3 Å². The molecule has 0 bridgehead atoms. The molecular formula is C27H31NO6. The largest absolute Gasteiger partial charge is 0.490 e. The van der Waals surface area contributed by atoms with Gasteiger partial charge in [-0.1, -0.05) is 25.1 Å². The first-order chi connectivity index (χ1) is 16.6. The van der Waals surface area contributed by atoms with Crippen molar-refractivity contribution in [1.29, 1.82) is 0 Å². The predicted octanol–water partition coefficient (Wildman–Crippen LogP) is 4.95. The van der Waals surface area contributed by atoms with Crippen LogP contribution >= 0.6 is 0 Å². The zero-order chi connectivity index (χ0) is 24.1. The molecule has 0 radical (unpaired) electrons. The van der Waals surface area contributed by atoms with Crippen LogP contribution in [0.3, 0.4) is 0 Å². The molecule has 1 aliphatic heterocycles. The Labute approximate surface area is 199 Å². The molecule has 7 nitrogen and oxygen atoms in total. The predicted molar refractivity (Wildman–Crippen MR) is 130 cm³/mol. The molecule has 180 valence electrons. The van der Waals surface area contributed by atoms with Gasteiger partial charge in [0, 0.05) is 19.8 Å². The summed E-state index contributed by atoms with van der Waals surface area (Å²) in [5, 5.41) is 0.461. The first kappa shape index (κ1) is 23.8. The van der Waals surface area contributed by atoms with Gasteiger partial charge in [-0.2, -0.15) is 0 Å². The van der Waals surface area contributed by atoms with Gasteiger partial charge in [-0.15, -0.1) is 0 Å². The smallest absolute Gasteiger partial charge is 0.290 e. The Kier molecular flexibility index (Phi) is 7.53. The topological polar surface area (TPSA) is 78.2 Å². The number of hydrogen-bond donors (Lipinski definition) is 0. The number of nitrogens with zero attached hydrogens (tertiary/aromatic N) is 1. The van der Waals surface area contributed by atoms with Crippen LogP contribution in [0.25, 0.3) is 11.0 Å². The van der Waals surface area contributed by atoms with Crippen LogP contribution in [0.5, 0.6) is 11.5 Å². The van der Waals surface area contributed by atoms with E-state index in [1.165, 1.54) is 0 Å². The van der Waals surface area contributed by atoms with Crippen LogP contribution in [0, 0.1) is 0 Å². The molecule has 3 aromatic rings. The minimum absolute atomic E-state index is 0.106. The first-order valence-electron chi connectivity index (χ1n) is 11.9. The van der Waals surface area contributed by atoms with Gasteiger partial charge in [-0.05, 0) is 56.5 Å². The van der Waals surface area contributed by atoms with Gasteiger partial charge in [-0.3, -0.25) is 9.59 Å². The summed E-state index contributed by atoms with van der Waals surface area (Å²) in [6.45, 7) is 8.50. The molecule has 2 heterocycles. The zero-order valence-electron chi connectivity index (χ0n) is 20.0. The lowest BCUT2D eigenvalue weighted by Gasteiger charge is -2.26. The lowest BCUT2D eigenvalue weighted by atomic mass is 9.98. The van der Waals surface area contributed by atoms with E-state index in [4.69, 9.17) is 18.6 Å². The second-order valence-corrected chi connectivity index (χ2v) is 8.11. The van der Waals surface area contributed by atoms with Crippen molar-refractivity contribution < 1.29 is 23.4 Å². The summed E-state index contributed by atoms with van der Waals surface area (Å²) in [5.74, 6) is 1.05. The van der Waals surface area contributed by atoms with E-state index >= 15 is 0 Å². The van der Waals surface area contributed by atoms with E-state index in [9.17, 15) is 9.59 Å². The van der Waals surface area contributed by atoms with E-state index in [1.54, 1.807) is 29.2 Å². The Hall–Kier alpha value is -3.32. The van der Waals surface area contributed by atoms with Crippen LogP contribution in [0.15, 0.2) is 51.7 Å². The molecule has 1 atom stereocenters. The van der Waals surface area contributed by atoms with Gasteiger partial charge in [-0.25, -0.2) is 0 Å². The number of ether oxygens (including phenoxy) is 3. The molecule has 7 heteroatoms. The van der Waals surface area contributed by atoms with E-state index in [-0.39, 0.29) is 17.1 Å². The maximum Gasteiger partial charge on any atom is 0.290 e. The first-order valence-corrected chi connectivity index (χ1v) is 11.9. The molecule has 2 aromatic carbocycles. The molecule has 0 saturated carbocycles. The molecule has 4 rings (SSSR count). The third-order valence-corrected chi connectivity index (χ3v) is 5.81. The van der Waals surface area contributed by atoms with E-state index in [0.29, 0.717) is 67.4 Å². The number of rotatable bonds is 11. The number of carbonyl (C=O) groups excluding carboxylic acids is 1. The molecule has 0 unspecified atom stereocenters. The van der Waals surface area contributed by atoms with Crippen molar-refractivity contribution in [1.82, 2.24) is 4.90 Å². The van der Waals surface area contributed by atoms with Gasteiger partial charge in [0.2, 0.25) is 5.76 Å². The van der Waals surface area contributed by atoms with Crippen LogP contribution in [0.4, 0.5) is 0 Å². The lowest BCUT2D eigenvalue weighted by Crippen LogP contribution is -2.31. The molecule has 34 heavy (non-hydrogen) atoms. The summed E-state index contributed by atoms with van der Waals surface area (Å²) < 4.78 is 23.2. The second kappa shape index (κ2) is 10.7. The van der Waals surface area contributed by atoms with E-state index in [2.05, 4.69) is 0 Å². The molecule has 0 N–H and O–H groups in total. The minimum Gasteiger partial charge on any atom is -0.490 e. The maximum atomic E-state index is 13.6. The Balaban J connectivity index is 1.82. The maximum absolute atomic E-state index is 13.6. The molecule has 1 aliphatic rings. The van der Waals surface area contributed by atoms with Crippen molar-refractivity contribution in [3.63, 3.8) is 0 Å². The standard InChI is InChI=1S/C27H31NO6/c1-4-15-33-21-13-12-18(17-22(21)32-6-3)24-23-25(29)19-10-7-8-11-20(19)34-26(23)27(30)28(24)14-9-16-31-5-2/h7-8,10-13,17,24H,4-6,9,14-16H2,1-3H3/t24-/m1/s1. The highest BCUT2D eigenvalue weighted by Gasteiger charge is 2.42. The third-order valence-electron chi connectivity index (χ3n) is 5.81. The summed E-state index contributed by atoms with van der Waals surface area (Å²) in [4.78, 5) is 28.7. The number of amides is 1. The fourth-order valence-electron chi connectivity index (χ4n) is 4.32. The molecule has 1 aromatic heterocycles. The van der Waals surface area contributed by atoms with Gasteiger partial charge >= 0.3 is 0 Å². The molecule has 0 fully saturated rings. The number of benzene rings is 2. The Morgan fingerprint density at radius 1 is 0.941 bits per heavy atom. The van der Waals surface area contributed by atoms with Crippen molar-refractivity contribution in [2.75, 3.05) is 33.0 Å². The minimum atomic E-state index is -0.579. The van der Waals surface area contributed by atoms with Crippen molar-refractivity contribution in [3.8, 4) is 11.5 Å². The normalized spacial score (nSPS) is 15.1. The summed E-state index contributed by atoms with van der Waals surface area (Å²) in [6, 6.07) is 12.1. The number of carbonyl (C=O) groups is 1. The molecule has 0 spiro atoms. The number of fused-ring (bicyclic) bond motifs is 2. The highest BCUT2D eigenvalue weighted by Crippen LogP contribution is 2.41. The Morgan fingerprint density at radius 2 is 1.76 bits per heavy atom. The van der Waals surface area contributed by atoms with Crippen LogP contribution in [-0.2, 0) is 4.74 Å². The summed E-state index contributed by atoms with van der Waals surface area (Å²) in [5.41, 5.74) is 1.36. The van der Waals surface area contributed by atoms with Crippen molar-refractivity contribution in [2.24, 2.45) is 0 Å². The molecule has 1 amide bonds. The van der Waals surface area contributed by atoms with Gasteiger partial charge < -0.3 is 23.5 Å². The van der Waals surface area contributed by atoms with Crippen molar-refractivity contribution in [2.45, 2.75) is 39.7 Å². The average Bonchev–Trinajstić information content (AvgIpc) is 3.13. The Morgan fingerprint density at radius 3 is 2.53 bits per heavy atom. The monoisotopic (exact) mass is 465 g/mol. The SMILES string of the molecule is CCCOc1ccc([C@@H]2c3c(oc4ccccc4c3=O)C(=O)N2CCCOCC)cc1OCC. The fraction of sp³-hybridized carbons (Fsp3) is 0.407.